The smallest absolute Gasteiger partial charge is 0.258 e. The molecule has 1 aliphatic heterocycles. The van der Waals surface area contributed by atoms with E-state index in [1.54, 1.807) is 12.1 Å². The van der Waals surface area contributed by atoms with Crippen molar-refractivity contribution in [2.24, 2.45) is 0 Å². The molecule has 2 aromatic carbocycles. The molecule has 1 amide bonds. The van der Waals surface area contributed by atoms with Crippen LogP contribution in [0.25, 0.3) is 0 Å². The summed E-state index contributed by atoms with van der Waals surface area (Å²) < 4.78 is 17.3. The first-order valence-corrected chi connectivity index (χ1v) is 10.1. The molecule has 0 radical (unpaired) electrons. The van der Waals surface area contributed by atoms with E-state index in [0.717, 1.165) is 24.1 Å². The zero-order chi connectivity index (χ0) is 20.1. The molecule has 150 valence electrons. The van der Waals surface area contributed by atoms with Gasteiger partial charge < -0.3 is 19.1 Å². The van der Waals surface area contributed by atoms with Crippen molar-refractivity contribution in [1.82, 2.24) is 0 Å². The Labute approximate surface area is 167 Å². The number of fused-ring (bicyclic) bond motifs is 1. The normalized spacial score (nSPS) is 13.1. The summed E-state index contributed by atoms with van der Waals surface area (Å²) >= 11 is 0. The van der Waals surface area contributed by atoms with E-state index >= 15 is 0 Å². The third-order valence-electron chi connectivity index (χ3n) is 4.82. The fourth-order valence-electron chi connectivity index (χ4n) is 3.72. The summed E-state index contributed by atoms with van der Waals surface area (Å²) in [6, 6.07) is 9.76. The molecule has 5 heteroatoms. The highest BCUT2D eigenvalue weighted by molar-refractivity contribution is 6.08. The first-order valence-electron chi connectivity index (χ1n) is 10.1. The van der Waals surface area contributed by atoms with Gasteiger partial charge in [0.1, 0.15) is 0 Å². The van der Waals surface area contributed by atoms with Crippen LogP contribution in [-0.2, 0) is 6.42 Å². The minimum atomic E-state index is -0.0415. The van der Waals surface area contributed by atoms with Gasteiger partial charge in [-0.1, -0.05) is 18.2 Å². The second-order valence-electron chi connectivity index (χ2n) is 6.74. The Kier molecular flexibility index (Phi) is 6.45. The molecule has 3 rings (SSSR count). The Hall–Kier alpha value is -2.69. The lowest BCUT2D eigenvalue weighted by Gasteiger charge is -2.31. The third kappa shape index (κ3) is 3.93. The maximum absolute atomic E-state index is 13.5. The predicted octanol–water partition coefficient (Wildman–Crippen LogP) is 4.78. The summed E-state index contributed by atoms with van der Waals surface area (Å²) in [7, 11) is 0. The van der Waals surface area contributed by atoms with Gasteiger partial charge in [-0.05, 0) is 63.8 Å². The summed E-state index contributed by atoms with van der Waals surface area (Å²) in [6.07, 6.45) is 1.95. The topological polar surface area (TPSA) is 48.0 Å². The van der Waals surface area contributed by atoms with Crippen molar-refractivity contribution in [3.8, 4) is 17.2 Å². The molecule has 5 nitrogen and oxygen atoms in total. The van der Waals surface area contributed by atoms with Crippen LogP contribution in [0.5, 0.6) is 17.2 Å². The Bertz CT molecular complexity index is 819. The maximum Gasteiger partial charge on any atom is 0.258 e. The monoisotopic (exact) mass is 383 g/mol. The van der Waals surface area contributed by atoms with Gasteiger partial charge in [0.15, 0.2) is 11.5 Å². The van der Waals surface area contributed by atoms with E-state index < -0.39 is 0 Å². The highest BCUT2D eigenvalue weighted by Crippen LogP contribution is 2.40. The van der Waals surface area contributed by atoms with Crippen molar-refractivity contribution < 1.29 is 19.0 Å². The second-order valence-corrected chi connectivity index (χ2v) is 6.74. The summed E-state index contributed by atoms with van der Waals surface area (Å²) in [6.45, 7) is 9.95. The van der Waals surface area contributed by atoms with Crippen LogP contribution in [0, 0.1) is 6.92 Å². The Morgan fingerprint density at radius 3 is 2.25 bits per heavy atom. The number of carbonyl (C=O) groups is 1. The van der Waals surface area contributed by atoms with E-state index in [2.05, 4.69) is 25.1 Å². The van der Waals surface area contributed by atoms with E-state index in [0.29, 0.717) is 49.2 Å². The van der Waals surface area contributed by atoms with Crippen molar-refractivity contribution in [2.75, 3.05) is 31.3 Å². The molecule has 0 aliphatic carbocycles. The fraction of sp³-hybridized carbons (Fsp3) is 0.435. The van der Waals surface area contributed by atoms with Crippen LogP contribution in [0.2, 0.25) is 0 Å². The number of para-hydroxylation sites is 1. The molecule has 0 N–H and O–H groups in total. The van der Waals surface area contributed by atoms with E-state index in [1.165, 1.54) is 5.56 Å². The summed E-state index contributed by atoms with van der Waals surface area (Å²) in [5.41, 5.74) is 3.92. The fourth-order valence-corrected chi connectivity index (χ4v) is 3.72. The molecule has 28 heavy (non-hydrogen) atoms. The molecule has 0 atom stereocenters. The molecular weight excluding hydrogens is 354 g/mol. The first kappa shape index (κ1) is 20.1. The van der Waals surface area contributed by atoms with E-state index in [9.17, 15) is 4.79 Å². The van der Waals surface area contributed by atoms with Gasteiger partial charge >= 0.3 is 0 Å². The largest absolute Gasteiger partial charge is 0.490 e. The van der Waals surface area contributed by atoms with Crippen LogP contribution in [-0.4, -0.2) is 32.3 Å². The van der Waals surface area contributed by atoms with Gasteiger partial charge in [-0.3, -0.25) is 4.79 Å². The number of benzene rings is 2. The highest BCUT2D eigenvalue weighted by Gasteiger charge is 2.27. The average Bonchev–Trinajstić information content (AvgIpc) is 2.70. The zero-order valence-corrected chi connectivity index (χ0v) is 17.2. The molecule has 2 aromatic rings. The number of hydrogen-bond acceptors (Lipinski definition) is 4. The maximum atomic E-state index is 13.5. The third-order valence-corrected chi connectivity index (χ3v) is 4.82. The van der Waals surface area contributed by atoms with E-state index in [4.69, 9.17) is 14.2 Å². The van der Waals surface area contributed by atoms with Gasteiger partial charge in [0.25, 0.3) is 5.91 Å². The van der Waals surface area contributed by atoms with Crippen LogP contribution in [0.1, 0.15) is 48.7 Å². The van der Waals surface area contributed by atoms with Crippen LogP contribution in [0.15, 0.2) is 30.3 Å². The van der Waals surface area contributed by atoms with Crippen molar-refractivity contribution in [2.45, 2.75) is 40.5 Å². The molecule has 1 aliphatic rings. The average molecular weight is 383 g/mol. The zero-order valence-electron chi connectivity index (χ0n) is 17.2. The van der Waals surface area contributed by atoms with Crippen LogP contribution in [0.4, 0.5) is 5.69 Å². The first-order chi connectivity index (χ1) is 13.6. The molecular formula is C23H29NO4. The molecule has 0 saturated carbocycles. The Morgan fingerprint density at radius 1 is 1.00 bits per heavy atom. The summed E-state index contributed by atoms with van der Waals surface area (Å²) in [4.78, 5) is 15.4. The van der Waals surface area contributed by atoms with Gasteiger partial charge in [0.2, 0.25) is 5.75 Å². The minimum absolute atomic E-state index is 0.0415. The SMILES string of the molecule is CCOc1cc(C(=O)N2CCCc3cccc(C)c32)cc(OCC)c1OCC. The van der Waals surface area contributed by atoms with Gasteiger partial charge in [0, 0.05) is 12.1 Å². The number of carbonyl (C=O) groups excluding carboxylic acids is 1. The van der Waals surface area contributed by atoms with Crippen LogP contribution >= 0.6 is 0 Å². The highest BCUT2D eigenvalue weighted by atomic mass is 16.5. The lowest BCUT2D eigenvalue weighted by Crippen LogP contribution is -2.36. The summed E-state index contributed by atoms with van der Waals surface area (Å²) in [5, 5.41) is 0. The summed E-state index contributed by atoms with van der Waals surface area (Å²) in [5.74, 6) is 1.60. The lowest BCUT2D eigenvalue weighted by atomic mass is 9.97. The van der Waals surface area contributed by atoms with Crippen LogP contribution < -0.4 is 19.1 Å². The van der Waals surface area contributed by atoms with Crippen LogP contribution in [0.3, 0.4) is 0 Å². The van der Waals surface area contributed by atoms with Gasteiger partial charge in [-0.25, -0.2) is 0 Å². The molecule has 0 spiro atoms. The van der Waals surface area contributed by atoms with Gasteiger partial charge in [0.05, 0.1) is 25.5 Å². The molecule has 0 aromatic heterocycles. The number of amides is 1. The Balaban J connectivity index is 2.05. The van der Waals surface area contributed by atoms with Crippen molar-refractivity contribution >= 4 is 11.6 Å². The van der Waals surface area contributed by atoms with Crippen molar-refractivity contribution in [3.63, 3.8) is 0 Å². The predicted molar refractivity (Wildman–Crippen MR) is 111 cm³/mol. The standard InChI is InChI=1S/C23H29NO4/c1-5-26-19-14-18(15-20(27-6-2)22(19)28-7-3)23(25)24-13-9-12-17-11-8-10-16(4)21(17)24/h8,10-11,14-15H,5-7,9,12-13H2,1-4H3. The minimum Gasteiger partial charge on any atom is -0.490 e. The molecule has 0 unspecified atom stereocenters. The van der Waals surface area contributed by atoms with Crippen molar-refractivity contribution in [3.05, 3.63) is 47.0 Å². The van der Waals surface area contributed by atoms with E-state index in [1.807, 2.05) is 25.7 Å². The number of hydrogen-bond donors (Lipinski definition) is 0. The number of ether oxygens (including phenoxy) is 3. The van der Waals surface area contributed by atoms with Gasteiger partial charge in [-0.15, -0.1) is 0 Å². The molecule has 1 heterocycles. The molecule has 0 fully saturated rings. The molecule has 0 bridgehead atoms. The van der Waals surface area contributed by atoms with Crippen molar-refractivity contribution in [1.29, 1.82) is 0 Å². The molecule has 0 saturated heterocycles. The second kappa shape index (κ2) is 9.00. The van der Waals surface area contributed by atoms with E-state index in [-0.39, 0.29) is 5.91 Å². The number of anilines is 1. The number of rotatable bonds is 7. The van der Waals surface area contributed by atoms with Gasteiger partial charge in [-0.2, -0.15) is 0 Å². The number of aryl methyl sites for hydroxylation is 2. The Morgan fingerprint density at radius 2 is 1.64 bits per heavy atom. The quantitative estimate of drug-likeness (QED) is 0.690. The number of nitrogens with zero attached hydrogens (tertiary/aromatic N) is 1. The lowest BCUT2D eigenvalue weighted by molar-refractivity contribution is 0.0984.